The third kappa shape index (κ3) is 3.96. The second kappa shape index (κ2) is 6.91. The van der Waals surface area contributed by atoms with Crippen molar-refractivity contribution in [3.63, 3.8) is 0 Å². The van der Waals surface area contributed by atoms with Gasteiger partial charge in [-0.25, -0.2) is 0 Å². The van der Waals surface area contributed by atoms with Crippen LogP contribution in [0.15, 0.2) is 47.4 Å². The summed E-state index contributed by atoms with van der Waals surface area (Å²) in [5.41, 5.74) is 1.53. The summed E-state index contributed by atoms with van der Waals surface area (Å²) in [5.74, 6) is 0.137. The summed E-state index contributed by atoms with van der Waals surface area (Å²) in [5, 5.41) is 14.3. The molecule has 1 aromatic carbocycles. The predicted molar refractivity (Wildman–Crippen MR) is 82.5 cm³/mol. The van der Waals surface area contributed by atoms with Crippen LogP contribution in [0.5, 0.6) is 5.75 Å². The van der Waals surface area contributed by atoms with E-state index in [2.05, 4.69) is 5.32 Å². The molecule has 20 heavy (non-hydrogen) atoms. The van der Waals surface area contributed by atoms with Crippen molar-refractivity contribution in [3.05, 3.63) is 57.8 Å². The summed E-state index contributed by atoms with van der Waals surface area (Å²) in [7, 11) is 0. The Balaban J connectivity index is 2.05. The van der Waals surface area contributed by atoms with Crippen LogP contribution in [0.1, 0.15) is 23.8 Å². The third-order valence-electron chi connectivity index (χ3n) is 2.89. The summed E-state index contributed by atoms with van der Waals surface area (Å²) < 4.78 is 0. The Morgan fingerprint density at radius 1 is 1.35 bits per heavy atom. The Morgan fingerprint density at radius 2 is 2.20 bits per heavy atom. The first-order chi connectivity index (χ1) is 9.69. The van der Waals surface area contributed by atoms with E-state index in [1.165, 1.54) is 0 Å². The number of phenols is 1. The van der Waals surface area contributed by atoms with Crippen LogP contribution in [0.25, 0.3) is 6.08 Å². The molecule has 1 amide bonds. The summed E-state index contributed by atoms with van der Waals surface area (Å²) in [4.78, 5) is 13.3. The van der Waals surface area contributed by atoms with Gasteiger partial charge in [-0.3, -0.25) is 4.79 Å². The fourth-order valence-corrected chi connectivity index (χ4v) is 2.48. The monoisotopic (exact) mass is 287 g/mol. The highest BCUT2D eigenvalue weighted by molar-refractivity contribution is 7.09. The number of hydrogen-bond acceptors (Lipinski definition) is 3. The number of carbonyl (C=O) groups is 1. The van der Waals surface area contributed by atoms with Gasteiger partial charge in [0.05, 0.1) is 6.54 Å². The molecule has 0 radical (unpaired) electrons. The van der Waals surface area contributed by atoms with E-state index in [4.69, 9.17) is 0 Å². The van der Waals surface area contributed by atoms with E-state index >= 15 is 0 Å². The first-order valence-corrected chi connectivity index (χ1v) is 7.37. The molecule has 3 nitrogen and oxygen atoms in total. The van der Waals surface area contributed by atoms with Crippen molar-refractivity contribution in [1.82, 2.24) is 5.32 Å². The van der Waals surface area contributed by atoms with E-state index < -0.39 is 0 Å². The standard InChI is InChI=1S/C16H17NO2S/c1-2-13(9-12-5-3-6-14(18)10-12)16(19)17-11-15-7-4-8-20-15/h3-10,18H,2,11H2,1H3,(H,17,19). The van der Waals surface area contributed by atoms with Crippen molar-refractivity contribution in [3.8, 4) is 5.75 Å². The lowest BCUT2D eigenvalue weighted by Crippen LogP contribution is -2.23. The Bertz CT molecular complexity index is 603. The maximum absolute atomic E-state index is 12.1. The van der Waals surface area contributed by atoms with Gasteiger partial charge < -0.3 is 10.4 Å². The van der Waals surface area contributed by atoms with Gasteiger partial charge in [0.1, 0.15) is 5.75 Å². The molecule has 2 rings (SSSR count). The minimum atomic E-state index is -0.0655. The van der Waals surface area contributed by atoms with Gasteiger partial charge in [0.15, 0.2) is 0 Å². The van der Waals surface area contributed by atoms with Gasteiger partial charge in [-0.1, -0.05) is 25.1 Å². The minimum Gasteiger partial charge on any atom is -0.508 e. The fraction of sp³-hybridized carbons (Fsp3) is 0.188. The molecule has 0 aliphatic carbocycles. The predicted octanol–water partition coefficient (Wildman–Crippen LogP) is 3.56. The lowest BCUT2D eigenvalue weighted by Gasteiger charge is -2.06. The average Bonchev–Trinajstić information content (AvgIpc) is 2.95. The minimum absolute atomic E-state index is 0.0655. The van der Waals surface area contributed by atoms with Crippen molar-refractivity contribution in [1.29, 1.82) is 0 Å². The number of hydrogen-bond donors (Lipinski definition) is 2. The van der Waals surface area contributed by atoms with E-state index in [9.17, 15) is 9.90 Å². The molecule has 0 spiro atoms. The highest BCUT2D eigenvalue weighted by atomic mass is 32.1. The summed E-state index contributed by atoms with van der Waals surface area (Å²) in [6.45, 7) is 2.49. The largest absolute Gasteiger partial charge is 0.508 e. The Morgan fingerprint density at radius 3 is 2.85 bits per heavy atom. The number of benzene rings is 1. The lowest BCUT2D eigenvalue weighted by atomic mass is 10.1. The van der Waals surface area contributed by atoms with Crippen LogP contribution in [-0.4, -0.2) is 11.0 Å². The van der Waals surface area contributed by atoms with Crippen LogP contribution in [0.3, 0.4) is 0 Å². The molecule has 104 valence electrons. The van der Waals surface area contributed by atoms with Gasteiger partial charge in [0.25, 0.3) is 0 Å². The summed E-state index contributed by atoms with van der Waals surface area (Å²) in [6.07, 6.45) is 2.45. The zero-order valence-corrected chi connectivity index (χ0v) is 12.1. The second-order valence-electron chi connectivity index (χ2n) is 4.38. The Labute approximate surface area is 122 Å². The molecule has 2 N–H and O–H groups in total. The number of carbonyl (C=O) groups excluding carboxylic acids is 1. The molecular formula is C16H17NO2S. The molecule has 1 heterocycles. The van der Waals surface area contributed by atoms with E-state index in [-0.39, 0.29) is 11.7 Å². The van der Waals surface area contributed by atoms with Gasteiger partial charge in [-0.15, -0.1) is 11.3 Å². The van der Waals surface area contributed by atoms with Crippen LogP contribution in [0.4, 0.5) is 0 Å². The van der Waals surface area contributed by atoms with Crippen molar-refractivity contribution in [2.75, 3.05) is 0 Å². The lowest BCUT2D eigenvalue weighted by molar-refractivity contribution is -0.117. The number of nitrogens with one attached hydrogen (secondary N) is 1. The molecule has 0 saturated heterocycles. The maximum atomic E-state index is 12.1. The molecule has 0 bridgehead atoms. The smallest absolute Gasteiger partial charge is 0.247 e. The highest BCUT2D eigenvalue weighted by Gasteiger charge is 2.07. The first kappa shape index (κ1) is 14.3. The fourth-order valence-electron chi connectivity index (χ4n) is 1.84. The summed E-state index contributed by atoms with van der Waals surface area (Å²) in [6, 6.07) is 10.8. The first-order valence-electron chi connectivity index (χ1n) is 6.49. The molecule has 0 fully saturated rings. The van der Waals surface area contributed by atoms with Crippen molar-refractivity contribution in [2.24, 2.45) is 0 Å². The zero-order valence-electron chi connectivity index (χ0n) is 11.3. The number of rotatable bonds is 5. The van der Waals surface area contributed by atoms with Gasteiger partial charge in [-0.2, -0.15) is 0 Å². The van der Waals surface area contributed by atoms with E-state index in [1.807, 2.05) is 36.6 Å². The van der Waals surface area contributed by atoms with Crippen LogP contribution >= 0.6 is 11.3 Å². The maximum Gasteiger partial charge on any atom is 0.247 e. The number of amides is 1. The number of aromatic hydroxyl groups is 1. The summed E-state index contributed by atoms with van der Waals surface area (Å²) >= 11 is 1.62. The van der Waals surface area contributed by atoms with E-state index in [0.29, 0.717) is 18.5 Å². The van der Waals surface area contributed by atoms with Gasteiger partial charge >= 0.3 is 0 Å². The molecule has 0 saturated carbocycles. The molecule has 2 aromatic rings. The Kier molecular flexibility index (Phi) is 4.96. The van der Waals surface area contributed by atoms with Gasteiger partial charge in [-0.05, 0) is 41.6 Å². The highest BCUT2D eigenvalue weighted by Crippen LogP contribution is 2.16. The van der Waals surface area contributed by atoms with Crippen LogP contribution in [-0.2, 0) is 11.3 Å². The van der Waals surface area contributed by atoms with Gasteiger partial charge in [0, 0.05) is 10.5 Å². The molecule has 0 aliphatic rings. The van der Waals surface area contributed by atoms with Crippen LogP contribution in [0, 0.1) is 0 Å². The normalized spacial score (nSPS) is 11.3. The van der Waals surface area contributed by atoms with Gasteiger partial charge in [0.2, 0.25) is 5.91 Å². The quantitative estimate of drug-likeness (QED) is 0.826. The SMILES string of the molecule is CCC(=Cc1cccc(O)c1)C(=O)NCc1cccs1. The van der Waals surface area contributed by atoms with Crippen molar-refractivity contribution < 1.29 is 9.90 Å². The Hall–Kier alpha value is -2.07. The molecule has 1 aromatic heterocycles. The molecular weight excluding hydrogens is 270 g/mol. The molecule has 0 aliphatic heterocycles. The van der Waals surface area contributed by atoms with Crippen molar-refractivity contribution in [2.45, 2.75) is 19.9 Å². The van der Waals surface area contributed by atoms with Crippen LogP contribution < -0.4 is 5.32 Å². The molecule has 4 heteroatoms. The second-order valence-corrected chi connectivity index (χ2v) is 5.41. The number of phenolic OH excluding ortho intramolecular Hbond substituents is 1. The van der Waals surface area contributed by atoms with Crippen molar-refractivity contribution >= 4 is 23.3 Å². The third-order valence-corrected chi connectivity index (χ3v) is 3.76. The van der Waals surface area contributed by atoms with Crippen LogP contribution in [0.2, 0.25) is 0 Å². The number of thiophene rings is 1. The average molecular weight is 287 g/mol. The van der Waals surface area contributed by atoms with E-state index in [1.54, 1.807) is 29.5 Å². The molecule has 0 unspecified atom stereocenters. The topological polar surface area (TPSA) is 49.3 Å². The zero-order chi connectivity index (χ0) is 14.4. The molecule has 0 atom stereocenters. The van der Waals surface area contributed by atoms with E-state index in [0.717, 1.165) is 10.4 Å².